The van der Waals surface area contributed by atoms with Crippen LogP contribution in [-0.2, 0) is 4.79 Å². The molecule has 1 spiro atoms. The zero-order chi connectivity index (χ0) is 25.4. The van der Waals surface area contributed by atoms with Gasteiger partial charge in [-0.1, -0.05) is 124 Å². The summed E-state index contributed by atoms with van der Waals surface area (Å²) in [4.78, 5) is 18.4. The van der Waals surface area contributed by atoms with Crippen LogP contribution in [0.4, 0.5) is 0 Å². The van der Waals surface area contributed by atoms with E-state index in [1.54, 1.807) is 0 Å². The topological polar surface area (TPSA) is 23.6 Å². The zero-order valence-electron chi connectivity index (χ0n) is 24.4. The molecule has 3 nitrogen and oxygen atoms in total. The number of likely N-dealkylation sites (tertiary alicyclic amines) is 2. The zero-order valence-corrected chi connectivity index (χ0v) is 24.4. The summed E-state index contributed by atoms with van der Waals surface area (Å²) in [6.45, 7) is 15.1. The lowest BCUT2D eigenvalue weighted by Gasteiger charge is -2.61. The van der Waals surface area contributed by atoms with E-state index in [1.165, 1.54) is 129 Å². The van der Waals surface area contributed by atoms with Gasteiger partial charge < -0.3 is 9.80 Å². The van der Waals surface area contributed by atoms with Crippen LogP contribution in [0.25, 0.3) is 0 Å². The molecule has 2 aliphatic heterocycles. The number of carbonyl (C=O) groups is 1. The molecule has 0 radical (unpaired) electrons. The van der Waals surface area contributed by atoms with E-state index in [4.69, 9.17) is 0 Å². The first-order chi connectivity index (χ1) is 17.1. The maximum absolute atomic E-state index is 13.4. The van der Waals surface area contributed by atoms with E-state index < -0.39 is 0 Å². The molecular weight excluding hydrogens is 428 g/mol. The summed E-state index contributed by atoms with van der Waals surface area (Å²) in [5.41, 5.74) is 0.445. The van der Waals surface area contributed by atoms with Crippen LogP contribution in [0, 0.1) is 17.3 Å². The predicted octanol–water partition coefficient (Wildman–Crippen LogP) is 8.85. The van der Waals surface area contributed by atoms with Crippen molar-refractivity contribution in [3.05, 3.63) is 0 Å². The molecule has 0 aromatic carbocycles. The van der Waals surface area contributed by atoms with Crippen LogP contribution in [0.2, 0.25) is 0 Å². The predicted molar refractivity (Wildman–Crippen MR) is 153 cm³/mol. The molecule has 0 aromatic rings. The summed E-state index contributed by atoms with van der Waals surface area (Å²) in [6.07, 6.45) is 25.0. The van der Waals surface area contributed by atoms with Gasteiger partial charge in [0.25, 0.3) is 0 Å². The average Bonchev–Trinajstić information content (AvgIpc) is 2.81. The molecule has 0 aliphatic carbocycles. The maximum Gasteiger partial charge on any atom is 0.225 e. The number of unbranched alkanes of at least 4 members (excludes halogenated alkanes) is 11. The maximum atomic E-state index is 13.4. The lowest BCUT2D eigenvalue weighted by molar-refractivity contribution is -0.164. The Morgan fingerprint density at radius 3 is 1.60 bits per heavy atom. The fourth-order valence-electron chi connectivity index (χ4n) is 6.66. The molecule has 2 aliphatic rings. The van der Waals surface area contributed by atoms with E-state index in [0.717, 1.165) is 31.8 Å². The summed E-state index contributed by atoms with van der Waals surface area (Å²) < 4.78 is 0. The van der Waals surface area contributed by atoms with E-state index in [-0.39, 0.29) is 0 Å². The molecule has 3 heteroatoms. The molecule has 2 fully saturated rings. The SMILES string of the molecule is CCCCCCCC(CCCCCC)C(=O)N1CC2(CN(CC(CCCC)CCCCCC)C2)C1. The molecule has 35 heavy (non-hydrogen) atoms. The van der Waals surface area contributed by atoms with Gasteiger partial charge in [0, 0.05) is 44.1 Å². The molecule has 206 valence electrons. The van der Waals surface area contributed by atoms with Gasteiger partial charge in [0.2, 0.25) is 5.91 Å². The highest BCUT2D eigenvalue weighted by Crippen LogP contribution is 2.41. The quantitative estimate of drug-likeness (QED) is 0.141. The van der Waals surface area contributed by atoms with Gasteiger partial charge in [-0.2, -0.15) is 0 Å². The Bertz CT molecular complexity index is 534. The number of rotatable bonds is 22. The van der Waals surface area contributed by atoms with Gasteiger partial charge in [-0.05, 0) is 31.6 Å². The number of amides is 1. The Morgan fingerprint density at radius 1 is 0.600 bits per heavy atom. The van der Waals surface area contributed by atoms with Gasteiger partial charge >= 0.3 is 0 Å². The number of carbonyl (C=O) groups excluding carboxylic acids is 1. The summed E-state index contributed by atoms with van der Waals surface area (Å²) in [7, 11) is 0. The Kier molecular flexibility index (Phi) is 15.6. The van der Waals surface area contributed by atoms with Gasteiger partial charge in [0.15, 0.2) is 0 Å². The molecule has 2 heterocycles. The summed E-state index contributed by atoms with van der Waals surface area (Å²) in [5.74, 6) is 1.68. The minimum atomic E-state index is 0.295. The van der Waals surface area contributed by atoms with E-state index >= 15 is 0 Å². The van der Waals surface area contributed by atoms with E-state index in [0.29, 0.717) is 17.2 Å². The van der Waals surface area contributed by atoms with Crippen LogP contribution in [0.3, 0.4) is 0 Å². The van der Waals surface area contributed by atoms with Crippen molar-refractivity contribution < 1.29 is 4.79 Å². The summed E-state index contributed by atoms with van der Waals surface area (Å²) in [5, 5.41) is 0. The van der Waals surface area contributed by atoms with Crippen molar-refractivity contribution in [1.29, 1.82) is 0 Å². The van der Waals surface area contributed by atoms with Crippen molar-refractivity contribution in [3.63, 3.8) is 0 Å². The first kappa shape index (κ1) is 30.7. The minimum absolute atomic E-state index is 0.295. The molecule has 2 saturated heterocycles. The number of hydrogen-bond acceptors (Lipinski definition) is 2. The second-order valence-electron chi connectivity index (χ2n) is 12.5. The molecule has 2 rings (SSSR count). The van der Waals surface area contributed by atoms with Crippen LogP contribution >= 0.6 is 0 Å². The molecule has 0 bridgehead atoms. The van der Waals surface area contributed by atoms with Crippen molar-refractivity contribution in [1.82, 2.24) is 9.80 Å². The van der Waals surface area contributed by atoms with Crippen LogP contribution in [0.15, 0.2) is 0 Å². The fraction of sp³-hybridized carbons (Fsp3) is 0.969. The molecule has 2 atom stereocenters. The molecule has 2 unspecified atom stereocenters. The third kappa shape index (κ3) is 11.1. The van der Waals surface area contributed by atoms with Crippen molar-refractivity contribution in [2.45, 2.75) is 150 Å². The molecule has 0 N–H and O–H groups in total. The van der Waals surface area contributed by atoms with Gasteiger partial charge in [0.05, 0.1) is 0 Å². The molecular formula is C32H62N2O. The Hall–Kier alpha value is -0.570. The van der Waals surface area contributed by atoms with Crippen LogP contribution in [0.1, 0.15) is 150 Å². The largest absolute Gasteiger partial charge is 0.341 e. The Morgan fingerprint density at radius 2 is 1.06 bits per heavy atom. The highest BCUT2D eigenvalue weighted by Gasteiger charge is 2.53. The highest BCUT2D eigenvalue weighted by atomic mass is 16.2. The smallest absolute Gasteiger partial charge is 0.225 e. The van der Waals surface area contributed by atoms with Crippen LogP contribution in [0.5, 0.6) is 0 Å². The molecule has 0 aromatic heterocycles. The monoisotopic (exact) mass is 490 g/mol. The lowest BCUT2D eigenvalue weighted by atomic mass is 9.71. The van der Waals surface area contributed by atoms with Gasteiger partial charge in [-0.15, -0.1) is 0 Å². The summed E-state index contributed by atoms with van der Waals surface area (Å²) >= 11 is 0. The van der Waals surface area contributed by atoms with Gasteiger partial charge in [0.1, 0.15) is 0 Å². The first-order valence-corrected chi connectivity index (χ1v) is 16.1. The Balaban J connectivity index is 1.73. The van der Waals surface area contributed by atoms with E-state index in [1.807, 2.05) is 0 Å². The van der Waals surface area contributed by atoms with Crippen LogP contribution in [-0.4, -0.2) is 48.4 Å². The van der Waals surface area contributed by atoms with E-state index in [2.05, 4.69) is 37.5 Å². The second-order valence-corrected chi connectivity index (χ2v) is 12.5. The van der Waals surface area contributed by atoms with Crippen molar-refractivity contribution in [2.75, 3.05) is 32.7 Å². The molecule has 1 amide bonds. The average molecular weight is 491 g/mol. The second kappa shape index (κ2) is 17.8. The third-order valence-corrected chi connectivity index (χ3v) is 8.84. The van der Waals surface area contributed by atoms with Gasteiger partial charge in [-0.25, -0.2) is 0 Å². The summed E-state index contributed by atoms with van der Waals surface area (Å²) in [6, 6.07) is 0. The molecule has 0 saturated carbocycles. The number of nitrogens with zero attached hydrogens (tertiary/aromatic N) is 2. The lowest BCUT2D eigenvalue weighted by Crippen LogP contribution is -2.73. The number of hydrogen-bond donors (Lipinski definition) is 0. The Labute approximate surface area is 220 Å². The highest BCUT2D eigenvalue weighted by molar-refractivity contribution is 5.80. The van der Waals surface area contributed by atoms with Crippen molar-refractivity contribution >= 4 is 5.91 Å². The van der Waals surface area contributed by atoms with Crippen molar-refractivity contribution in [2.24, 2.45) is 17.3 Å². The van der Waals surface area contributed by atoms with Crippen LogP contribution < -0.4 is 0 Å². The van der Waals surface area contributed by atoms with E-state index in [9.17, 15) is 4.79 Å². The minimum Gasteiger partial charge on any atom is -0.341 e. The fourth-order valence-corrected chi connectivity index (χ4v) is 6.66. The first-order valence-electron chi connectivity index (χ1n) is 16.1. The van der Waals surface area contributed by atoms with Crippen molar-refractivity contribution in [3.8, 4) is 0 Å². The third-order valence-electron chi connectivity index (χ3n) is 8.84. The normalized spacial score (nSPS) is 18.9. The van der Waals surface area contributed by atoms with Gasteiger partial charge in [-0.3, -0.25) is 4.79 Å². The standard InChI is InChI=1S/C32H62N2O/c1-5-9-13-16-19-23-30(22-18-15-11-7-3)31(35)34-27-32(28-34)25-33(26-32)24-29(20-12-8-4)21-17-14-10-6-2/h29-30H,5-28H2,1-4H3.